The van der Waals surface area contributed by atoms with E-state index in [0.29, 0.717) is 35.5 Å². The molecule has 0 spiro atoms. The molecule has 162 valence electrons. The smallest absolute Gasteiger partial charge is 0.282 e. The van der Waals surface area contributed by atoms with E-state index in [-0.39, 0.29) is 5.56 Å². The van der Waals surface area contributed by atoms with Gasteiger partial charge in [-0.25, -0.2) is 4.98 Å². The Morgan fingerprint density at radius 2 is 2.00 bits per heavy atom. The van der Waals surface area contributed by atoms with Crippen molar-refractivity contribution in [3.8, 4) is 5.75 Å². The van der Waals surface area contributed by atoms with E-state index in [1.807, 2.05) is 48.5 Å². The highest BCUT2D eigenvalue weighted by Crippen LogP contribution is 2.27. The number of fused-ring (bicyclic) bond motifs is 2. The zero-order chi connectivity index (χ0) is 22.5. The van der Waals surface area contributed by atoms with Gasteiger partial charge in [0.15, 0.2) is 0 Å². The molecule has 32 heavy (non-hydrogen) atoms. The molecule has 0 saturated heterocycles. The number of ether oxygens (including phenoxy) is 1. The van der Waals surface area contributed by atoms with Crippen LogP contribution in [0.2, 0.25) is 0 Å². The summed E-state index contributed by atoms with van der Waals surface area (Å²) in [7, 11) is 0. The van der Waals surface area contributed by atoms with Crippen LogP contribution in [0.5, 0.6) is 5.75 Å². The highest BCUT2D eigenvalue weighted by Gasteiger charge is 2.12. The maximum atomic E-state index is 13.4. The van der Waals surface area contributed by atoms with E-state index in [1.54, 1.807) is 18.4 Å². The maximum Gasteiger partial charge on any atom is 0.282 e. The zero-order valence-corrected chi connectivity index (χ0v) is 19.5. The molecule has 4 aromatic rings. The average molecular weight is 490 g/mol. The molecule has 0 aliphatic rings. The molecule has 0 saturated carbocycles. The molecule has 5 nitrogen and oxygen atoms in total. The third-order valence-corrected chi connectivity index (χ3v) is 5.71. The summed E-state index contributed by atoms with van der Waals surface area (Å²) in [5.74, 6) is 1.34. The van der Waals surface area contributed by atoms with Gasteiger partial charge in [-0.1, -0.05) is 72.3 Å². The monoisotopic (exact) mass is 489 g/mol. The van der Waals surface area contributed by atoms with Crippen LogP contribution >= 0.6 is 15.9 Å². The van der Waals surface area contributed by atoms with Gasteiger partial charge in [-0.15, -0.1) is 0 Å². The molecule has 1 aromatic heterocycles. The predicted molar refractivity (Wildman–Crippen MR) is 135 cm³/mol. The molecule has 0 radical (unpaired) electrons. The Kier molecular flexibility index (Phi) is 6.81. The number of aryl methyl sites for hydroxylation is 1. The van der Waals surface area contributed by atoms with Crippen molar-refractivity contribution in [2.75, 3.05) is 6.61 Å². The predicted octanol–water partition coefficient (Wildman–Crippen LogP) is 6.10. The number of benzene rings is 3. The number of halogens is 1. The Hall–Kier alpha value is -3.25. The topological polar surface area (TPSA) is 56.5 Å². The van der Waals surface area contributed by atoms with Crippen LogP contribution < -0.4 is 10.3 Å². The van der Waals surface area contributed by atoms with Crippen LogP contribution in [0, 0.1) is 0 Å². The number of unbranched alkanes of at least 4 members (excludes halogenated alkanes) is 1. The van der Waals surface area contributed by atoms with E-state index in [0.717, 1.165) is 33.7 Å². The second-order valence-electron chi connectivity index (χ2n) is 7.45. The van der Waals surface area contributed by atoms with Gasteiger partial charge in [0.05, 0.1) is 17.1 Å². The minimum atomic E-state index is -0.188. The summed E-state index contributed by atoms with van der Waals surface area (Å²) >= 11 is 3.45. The molecule has 0 amide bonds. The highest BCUT2D eigenvalue weighted by molar-refractivity contribution is 9.10. The first-order chi connectivity index (χ1) is 15.6. The van der Waals surface area contributed by atoms with Gasteiger partial charge < -0.3 is 4.74 Å². The molecule has 0 bridgehead atoms. The van der Waals surface area contributed by atoms with E-state index >= 15 is 0 Å². The fourth-order valence-electron chi connectivity index (χ4n) is 3.61. The average Bonchev–Trinajstić information content (AvgIpc) is 2.81. The van der Waals surface area contributed by atoms with Gasteiger partial charge in [-0.05, 0) is 41.5 Å². The second-order valence-corrected chi connectivity index (χ2v) is 8.37. The minimum absolute atomic E-state index is 0.188. The quantitative estimate of drug-likeness (QED) is 0.222. The van der Waals surface area contributed by atoms with Crippen LogP contribution in [0.4, 0.5) is 0 Å². The van der Waals surface area contributed by atoms with Crippen LogP contribution in [-0.2, 0) is 6.42 Å². The Balaban J connectivity index is 1.89. The van der Waals surface area contributed by atoms with E-state index in [2.05, 4.69) is 34.5 Å². The van der Waals surface area contributed by atoms with Crippen molar-refractivity contribution in [1.29, 1.82) is 0 Å². The van der Waals surface area contributed by atoms with E-state index < -0.39 is 0 Å². The van der Waals surface area contributed by atoms with Gasteiger partial charge >= 0.3 is 0 Å². The molecule has 0 N–H and O–H groups in total. The normalized spacial score (nSPS) is 11.4. The third-order valence-electron chi connectivity index (χ3n) is 5.22. The Bertz CT molecular complexity index is 1380. The fourth-order valence-corrected chi connectivity index (χ4v) is 3.97. The molecule has 0 atom stereocenters. The van der Waals surface area contributed by atoms with Gasteiger partial charge in [0.2, 0.25) is 0 Å². The summed E-state index contributed by atoms with van der Waals surface area (Å²) in [6.45, 7) is 6.23. The molecule has 0 fully saturated rings. The van der Waals surface area contributed by atoms with Crippen LogP contribution in [0.1, 0.15) is 31.2 Å². The Labute approximate surface area is 195 Å². The molecule has 6 heteroatoms. The van der Waals surface area contributed by atoms with E-state index in [4.69, 9.17) is 9.72 Å². The highest BCUT2D eigenvalue weighted by atomic mass is 79.9. The SMILES string of the molecule is C=CCOc1ccc2ccccc2c1C=Nn1c(CCCC)nc2ccc(Br)cc2c1=O. The molecular formula is C26H24BrN3O2. The second kappa shape index (κ2) is 9.92. The van der Waals surface area contributed by atoms with Gasteiger partial charge in [0.1, 0.15) is 18.2 Å². The van der Waals surface area contributed by atoms with Crippen LogP contribution in [0.25, 0.3) is 21.7 Å². The maximum absolute atomic E-state index is 13.4. The zero-order valence-electron chi connectivity index (χ0n) is 17.9. The lowest BCUT2D eigenvalue weighted by Crippen LogP contribution is -2.22. The van der Waals surface area contributed by atoms with Crippen LogP contribution in [0.15, 0.2) is 81.6 Å². The minimum Gasteiger partial charge on any atom is -0.489 e. The summed E-state index contributed by atoms with van der Waals surface area (Å²) in [5.41, 5.74) is 1.30. The number of nitrogens with zero attached hydrogens (tertiary/aromatic N) is 3. The van der Waals surface area contributed by atoms with Crippen molar-refractivity contribution in [2.24, 2.45) is 5.10 Å². The van der Waals surface area contributed by atoms with Crippen molar-refractivity contribution >= 4 is 43.8 Å². The summed E-state index contributed by atoms with van der Waals surface area (Å²) in [6, 6.07) is 17.5. The first-order valence-corrected chi connectivity index (χ1v) is 11.4. The largest absolute Gasteiger partial charge is 0.489 e. The van der Waals surface area contributed by atoms with Gasteiger partial charge in [0.25, 0.3) is 5.56 Å². The molecule has 4 rings (SSSR count). The first kappa shape index (κ1) is 22.0. The lowest BCUT2D eigenvalue weighted by Gasteiger charge is -2.12. The summed E-state index contributed by atoms with van der Waals surface area (Å²) in [6.07, 6.45) is 5.99. The lowest BCUT2D eigenvalue weighted by atomic mass is 10.0. The number of hydrogen-bond acceptors (Lipinski definition) is 4. The molecule has 0 aliphatic heterocycles. The van der Waals surface area contributed by atoms with E-state index in [1.165, 1.54) is 4.68 Å². The molecular weight excluding hydrogens is 466 g/mol. The van der Waals surface area contributed by atoms with E-state index in [9.17, 15) is 4.79 Å². The van der Waals surface area contributed by atoms with Crippen molar-refractivity contribution < 1.29 is 4.74 Å². The number of aromatic nitrogens is 2. The molecule has 3 aromatic carbocycles. The third kappa shape index (κ3) is 4.50. The standard InChI is InChI=1S/C26H24BrN3O2/c1-3-5-10-25-29-23-13-12-19(27)16-21(23)26(31)30(25)28-17-22-20-9-7-6-8-18(20)11-14-24(22)32-15-4-2/h4,6-9,11-14,16-17H,2-3,5,10,15H2,1H3. The number of hydrogen-bond donors (Lipinski definition) is 0. The Morgan fingerprint density at radius 3 is 2.81 bits per heavy atom. The molecule has 0 unspecified atom stereocenters. The van der Waals surface area contributed by atoms with Crippen LogP contribution in [0.3, 0.4) is 0 Å². The Morgan fingerprint density at radius 1 is 1.16 bits per heavy atom. The lowest BCUT2D eigenvalue weighted by molar-refractivity contribution is 0.363. The summed E-state index contributed by atoms with van der Waals surface area (Å²) in [5, 5.41) is 7.22. The van der Waals surface area contributed by atoms with Crippen molar-refractivity contribution in [2.45, 2.75) is 26.2 Å². The molecule has 1 heterocycles. The summed E-state index contributed by atoms with van der Waals surface area (Å²) < 4.78 is 8.12. The van der Waals surface area contributed by atoms with Gasteiger partial charge in [0, 0.05) is 16.5 Å². The van der Waals surface area contributed by atoms with Crippen molar-refractivity contribution in [3.05, 3.63) is 93.5 Å². The number of rotatable bonds is 8. The first-order valence-electron chi connectivity index (χ1n) is 10.6. The van der Waals surface area contributed by atoms with Crippen molar-refractivity contribution in [3.63, 3.8) is 0 Å². The fraction of sp³-hybridized carbons (Fsp3) is 0.192. The van der Waals surface area contributed by atoms with Gasteiger partial charge in [-0.2, -0.15) is 9.78 Å². The van der Waals surface area contributed by atoms with Gasteiger partial charge in [-0.3, -0.25) is 4.79 Å². The van der Waals surface area contributed by atoms with Crippen molar-refractivity contribution in [1.82, 2.24) is 9.66 Å². The summed E-state index contributed by atoms with van der Waals surface area (Å²) in [4.78, 5) is 18.1. The van der Waals surface area contributed by atoms with Crippen LogP contribution in [-0.4, -0.2) is 22.5 Å². The molecule has 0 aliphatic carbocycles.